The van der Waals surface area contributed by atoms with Crippen LogP contribution in [0.3, 0.4) is 0 Å². The van der Waals surface area contributed by atoms with Crippen molar-refractivity contribution >= 4 is 38.7 Å². The largest absolute Gasteiger partial charge is 0.382 e. The maximum Gasteiger partial charge on any atom is 0.315 e. The van der Waals surface area contributed by atoms with E-state index >= 15 is 0 Å². The highest BCUT2D eigenvalue weighted by Gasteiger charge is 2.19. The van der Waals surface area contributed by atoms with E-state index in [2.05, 4.69) is 26.6 Å². The Morgan fingerprint density at radius 1 is 1.20 bits per heavy atom. The molecule has 2 aromatic rings. The van der Waals surface area contributed by atoms with E-state index < -0.39 is 10.7 Å². The number of nitro benzene ring substituents is 1. The highest BCUT2D eigenvalue weighted by molar-refractivity contribution is 9.10. The number of nitrogens with one attached hydrogen (secondary N) is 2. The lowest BCUT2D eigenvalue weighted by atomic mass is 10.2. The van der Waals surface area contributed by atoms with Gasteiger partial charge in [0.25, 0.3) is 0 Å². The summed E-state index contributed by atoms with van der Waals surface area (Å²) in [6, 6.07) is 9.11. The zero-order valence-corrected chi connectivity index (χ0v) is 12.1. The Morgan fingerprint density at radius 3 is 2.55 bits per heavy atom. The van der Waals surface area contributed by atoms with Crippen molar-refractivity contribution in [1.29, 1.82) is 0 Å². The van der Waals surface area contributed by atoms with Crippen LogP contribution in [0.5, 0.6) is 0 Å². The molecule has 0 unspecified atom stereocenters. The molecule has 0 saturated heterocycles. The van der Waals surface area contributed by atoms with Crippen LogP contribution in [-0.4, -0.2) is 12.0 Å². The van der Waals surface area contributed by atoms with E-state index in [0.717, 1.165) is 0 Å². The van der Waals surface area contributed by atoms with Crippen molar-refractivity contribution in [2.45, 2.75) is 0 Å². The summed E-state index contributed by atoms with van der Waals surface area (Å²) < 4.78 is 14.4. The van der Waals surface area contributed by atoms with Crippen LogP contribution in [0, 0.1) is 15.9 Å². The molecule has 0 fully saturated rings. The molecule has 7 heteroatoms. The second-order valence-corrected chi connectivity index (χ2v) is 4.87. The van der Waals surface area contributed by atoms with E-state index in [0.29, 0.717) is 10.2 Å². The number of nitrogens with zero attached hydrogens (tertiary/aromatic N) is 1. The molecule has 0 amide bonds. The van der Waals surface area contributed by atoms with Gasteiger partial charge in [0.1, 0.15) is 17.2 Å². The second-order valence-electron chi connectivity index (χ2n) is 3.96. The summed E-state index contributed by atoms with van der Waals surface area (Å²) in [4.78, 5) is 10.7. The van der Waals surface area contributed by atoms with Crippen molar-refractivity contribution < 1.29 is 9.31 Å². The van der Waals surface area contributed by atoms with Crippen molar-refractivity contribution in [3.8, 4) is 0 Å². The first-order valence-corrected chi connectivity index (χ1v) is 6.49. The summed E-state index contributed by atoms with van der Waals surface area (Å²) in [6.07, 6.45) is 0. The molecule has 0 spiro atoms. The van der Waals surface area contributed by atoms with Crippen molar-refractivity contribution in [2.24, 2.45) is 0 Å². The van der Waals surface area contributed by atoms with Gasteiger partial charge < -0.3 is 10.6 Å². The summed E-state index contributed by atoms with van der Waals surface area (Å²) in [7, 11) is 1.59. The maximum atomic E-state index is 13.7. The van der Waals surface area contributed by atoms with Gasteiger partial charge in [0.15, 0.2) is 0 Å². The first-order valence-electron chi connectivity index (χ1n) is 5.70. The predicted octanol–water partition coefficient (Wildman–Crippen LogP) is 4.28. The van der Waals surface area contributed by atoms with E-state index in [1.165, 1.54) is 18.2 Å². The zero-order chi connectivity index (χ0) is 14.7. The standard InChI is InChI=1S/C13H11BrFN3O2/c1-16-10-3-2-4-11(13(10)18(19)20)17-12-7-8(14)5-6-9(12)15/h2-7,16-17H,1H3. The third-order valence-corrected chi connectivity index (χ3v) is 3.18. The van der Waals surface area contributed by atoms with E-state index in [1.807, 2.05) is 0 Å². The lowest BCUT2D eigenvalue weighted by molar-refractivity contribution is -0.383. The molecule has 0 aliphatic carbocycles. The van der Waals surface area contributed by atoms with E-state index in [-0.39, 0.29) is 17.1 Å². The van der Waals surface area contributed by atoms with Crippen LogP contribution in [0.4, 0.5) is 27.1 Å². The highest BCUT2D eigenvalue weighted by atomic mass is 79.9. The number of anilines is 3. The van der Waals surface area contributed by atoms with E-state index in [1.54, 1.807) is 25.2 Å². The minimum atomic E-state index is -0.510. The number of benzene rings is 2. The normalized spacial score (nSPS) is 10.2. The van der Waals surface area contributed by atoms with Gasteiger partial charge in [0.2, 0.25) is 0 Å². The zero-order valence-electron chi connectivity index (χ0n) is 10.5. The van der Waals surface area contributed by atoms with Gasteiger partial charge in [0.05, 0.1) is 10.6 Å². The Labute approximate surface area is 123 Å². The van der Waals surface area contributed by atoms with E-state index in [9.17, 15) is 14.5 Å². The third-order valence-electron chi connectivity index (χ3n) is 2.69. The number of halogens is 2. The molecule has 2 rings (SSSR count). The Balaban J connectivity index is 2.48. The molecular weight excluding hydrogens is 329 g/mol. The molecule has 0 atom stereocenters. The Bertz CT molecular complexity index is 664. The number of hydrogen-bond donors (Lipinski definition) is 2. The molecule has 0 aliphatic rings. The van der Waals surface area contributed by atoms with Gasteiger partial charge in [-0.3, -0.25) is 10.1 Å². The van der Waals surface area contributed by atoms with Crippen LogP contribution in [0.25, 0.3) is 0 Å². The number of hydrogen-bond acceptors (Lipinski definition) is 4. The third kappa shape index (κ3) is 2.88. The molecule has 0 saturated carbocycles. The summed E-state index contributed by atoms with van der Waals surface area (Å²) in [6.45, 7) is 0. The molecule has 0 aromatic heterocycles. The van der Waals surface area contributed by atoms with E-state index in [4.69, 9.17) is 0 Å². The molecule has 0 bridgehead atoms. The number of para-hydroxylation sites is 1. The molecule has 0 aliphatic heterocycles. The summed E-state index contributed by atoms with van der Waals surface area (Å²) in [5.41, 5.74) is 0.611. The lowest BCUT2D eigenvalue weighted by Gasteiger charge is -2.11. The fraction of sp³-hybridized carbons (Fsp3) is 0.0769. The topological polar surface area (TPSA) is 67.2 Å². The monoisotopic (exact) mass is 339 g/mol. The molecule has 5 nitrogen and oxygen atoms in total. The quantitative estimate of drug-likeness (QED) is 0.644. The molecule has 2 aromatic carbocycles. The first-order chi connectivity index (χ1) is 9.52. The number of rotatable bonds is 4. The van der Waals surface area contributed by atoms with Gasteiger partial charge in [-0.25, -0.2) is 4.39 Å². The van der Waals surface area contributed by atoms with Crippen molar-refractivity contribution in [3.05, 3.63) is 56.8 Å². The predicted molar refractivity (Wildman–Crippen MR) is 80.0 cm³/mol. The fourth-order valence-corrected chi connectivity index (χ4v) is 2.14. The average molecular weight is 340 g/mol. The lowest BCUT2D eigenvalue weighted by Crippen LogP contribution is -2.02. The Hall–Kier alpha value is -2.15. The highest BCUT2D eigenvalue weighted by Crippen LogP contribution is 2.35. The Morgan fingerprint density at radius 2 is 1.90 bits per heavy atom. The maximum absolute atomic E-state index is 13.7. The minimum Gasteiger partial charge on any atom is -0.382 e. The van der Waals surface area contributed by atoms with Crippen LogP contribution in [0.1, 0.15) is 0 Å². The average Bonchev–Trinajstić information content (AvgIpc) is 2.42. The van der Waals surface area contributed by atoms with Crippen LogP contribution in [0.15, 0.2) is 40.9 Å². The molecule has 0 radical (unpaired) electrons. The molecular formula is C13H11BrFN3O2. The summed E-state index contributed by atoms with van der Waals surface area (Å²) in [5, 5.41) is 16.7. The van der Waals surface area contributed by atoms with Crippen LogP contribution in [-0.2, 0) is 0 Å². The first kappa shape index (κ1) is 14.3. The van der Waals surface area contributed by atoms with Gasteiger partial charge in [0, 0.05) is 11.5 Å². The molecule has 0 heterocycles. The van der Waals surface area contributed by atoms with Crippen molar-refractivity contribution in [2.75, 3.05) is 17.7 Å². The van der Waals surface area contributed by atoms with Gasteiger partial charge in [-0.15, -0.1) is 0 Å². The minimum absolute atomic E-state index is 0.130. The van der Waals surface area contributed by atoms with Crippen molar-refractivity contribution in [3.63, 3.8) is 0 Å². The smallest absolute Gasteiger partial charge is 0.315 e. The summed E-state index contributed by atoms with van der Waals surface area (Å²) in [5.74, 6) is -0.489. The van der Waals surface area contributed by atoms with Gasteiger partial charge in [-0.1, -0.05) is 22.0 Å². The fourth-order valence-electron chi connectivity index (χ4n) is 1.78. The van der Waals surface area contributed by atoms with Crippen LogP contribution in [0.2, 0.25) is 0 Å². The molecule has 20 heavy (non-hydrogen) atoms. The number of nitro groups is 1. The second kappa shape index (κ2) is 5.87. The molecule has 2 N–H and O–H groups in total. The van der Waals surface area contributed by atoms with Gasteiger partial charge >= 0.3 is 5.69 Å². The summed E-state index contributed by atoms with van der Waals surface area (Å²) >= 11 is 3.23. The van der Waals surface area contributed by atoms with Crippen molar-refractivity contribution in [1.82, 2.24) is 0 Å². The van der Waals surface area contributed by atoms with Crippen LogP contribution >= 0.6 is 15.9 Å². The SMILES string of the molecule is CNc1cccc(Nc2cc(Br)ccc2F)c1[N+](=O)[O-]. The van der Waals surface area contributed by atoms with Crippen LogP contribution < -0.4 is 10.6 Å². The molecule has 104 valence electrons. The van der Waals surface area contributed by atoms with Gasteiger partial charge in [-0.05, 0) is 30.3 Å². The van der Waals surface area contributed by atoms with Gasteiger partial charge in [-0.2, -0.15) is 0 Å². The Kier molecular flexibility index (Phi) is 4.19.